The van der Waals surface area contributed by atoms with Gasteiger partial charge in [0.15, 0.2) is 5.82 Å². The third-order valence-electron chi connectivity index (χ3n) is 7.24. The normalized spacial score (nSPS) is 22.0. The summed E-state index contributed by atoms with van der Waals surface area (Å²) in [5.41, 5.74) is 3.52. The number of likely N-dealkylation sites (tertiary alicyclic amines) is 1. The van der Waals surface area contributed by atoms with Crippen molar-refractivity contribution in [3.8, 4) is 17.3 Å². The number of hydrogen-bond donors (Lipinski definition) is 1. The Morgan fingerprint density at radius 3 is 2.80 bits per heavy atom. The molecule has 1 amide bonds. The monoisotopic (exact) mass is 492 g/mol. The molecule has 0 unspecified atom stereocenters. The largest absolute Gasteiger partial charge is 0.481 e. The first-order chi connectivity index (χ1) is 16.8. The molecule has 8 nitrogen and oxygen atoms in total. The highest BCUT2D eigenvalue weighted by molar-refractivity contribution is 6.31. The number of hydrogen-bond acceptors (Lipinski definition) is 7. The molecular weight excluding hydrogens is 464 g/mol. The van der Waals surface area contributed by atoms with Crippen LogP contribution in [-0.2, 0) is 11.2 Å². The number of aromatic nitrogens is 4. The van der Waals surface area contributed by atoms with E-state index < -0.39 is 5.92 Å². The van der Waals surface area contributed by atoms with E-state index in [-0.39, 0.29) is 17.5 Å². The molecular formula is C26H29ClN6O2. The fraction of sp³-hybridized carbons (Fsp3) is 0.423. The molecule has 1 fully saturated rings. The minimum absolute atomic E-state index is 0.0536. The van der Waals surface area contributed by atoms with E-state index in [0.29, 0.717) is 23.3 Å². The minimum atomic E-state index is -0.401. The first-order valence-electron chi connectivity index (χ1n) is 11.9. The number of carbonyl (C=O) groups excluding carboxylic acids is 1. The Hall–Kier alpha value is -3.26. The lowest BCUT2D eigenvalue weighted by Crippen LogP contribution is -2.46. The number of aryl methyl sites for hydroxylation is 2. The average Bonchev–Trinajstić information content (AvgIpc) is 3.18. The van der Waals surface area contributed by atoms with Crippen molar-refractivity contribution in [2.45, 2.75) is 57.5 Å². The number of pyridine rings is 2. The van der Waals surface area contributed by atoms with Crippen LogP contribution in [0.3, 0.4) is 0 Å². The van der Waals surface area contributed by atoms with Crippen LogP contribution in [0, 0.1) is 6.92 Å². The average molecular weight is 493 g/mol. The molecule has 3 atom stereocenters. The maximum atomic E-state index is 13.6. The zero-order valence-corrected chi connectivity index (χ0v) is 21.1. The Morgan fingerprint density at radius 2 is 2.06 bits per heavy atom. The molecule has 5 heterocycles. The van der Waals surface area contributed by atoms with Crippen molar-refractivity contribution in [1.29, 1.82) is 0 Å². The molecule has 182 valence electrons. The molecule has 5 rings (SSSR count). The van der Waals surface area contributed by atoms with E-state index in [9.17, 15) is 4.79 Å². The van der Waals surface area contributed by atoms with Crippen LogP contribution in [0.4, 0.5) is 5.82 Å². The predicted octanol–water partition coefficient (Wildman–Crippen LogP) is 4.43. The Kier molecular flexibility index (Phi) is 6.09. The number of nitrogens with zero attached hydrogens (tertiary/aromatic N) is 5. The standard InChI is InChI=1S/C26H29ClN6O2/c1-15-12-26(14-33(15)25(34)16(2)19-11-22(35-4)30-13-21(19)27)7-6-18-10-20(17(3)31-23(18)32-26)24-28-8-5-9-29-24/h5,8-11,13,15-16H,6-7,12,14H2,1-4H3,(H,31,32)/t15-,16+,26-/m0/s1. The molecule has 3 aromatic rings. The van der Waals surface area contributed by atoms with Crippen LogP contribution in [0.15, 0.2) is 36.8 Å². The molecule has 35 heavy (non-hydrogen) atoms. The number of ether oxygens (including phenoxy) is 1. The van der Waals surface area contributed by atoms with Gasteiger partial charge in [0.2, 0.25) is 11.8 Å². The Labute approximate surface area is 210 Å². The van der Waals surface area contributed by atoms with Crippen LogP contribution >= 0.6 is 11.6 Å². The summed E-state index contributed by atoms with van der Waals surface area (Å²) in [6.07, 6.45) is 7.70. The van der Waals surface area contributed by atoms with Gasteiger partial charge in [0.05, 0.1) is 29.3 Å². The van der Waals surface area contributed by atoms with Gasteiger partial charge in [-0.1, -0.05) is 11.6 Å². The van der Waals surface area contributed by atoms with Crippen molar-refractivity contribution >= 4 is 23.3 Å². The number of carbonyl (C=O) groups is 1. The van der Waals surface area contributed by atoms with Crippen LogP contribution in [0.1, 0.15) is 49.4 Å². The summed E-state index contributed by atoms with van der Waals surface area (Å²) in [5, 5.41) is 4.18. The van der Waals surface area contributed by atoms with Crippen LogP contribution in [0.5, 0.6) is 5.88 Å². The number of rotatable bonds is 4. The number of halogens is 1. The summed E-state index contributed by atoms with van der Waals surface area (Å²) in [4.78, 5) is 33.4. The number of nitrogens with one attached hydrogen (secondary N) is 1. The predicted molar refractivity (Wildman–Crippen MR) is 135 cm³/mol. The highest BCUT2D eigenvalue weighted by Gasteiger charge is 2.47. The summed E-state index contributed by atoms with van der Waals surface area (Å²) >= 11 is 6.39. The van der Waals surface area contributed by atoms with Gasteiger partial charge in [-0.05, 0) is 63.3 Å². The zero-order valence-electron chi connectivity index (χ0n) is 20.4. The molecule has 0 saturated carbocycles. The molecule has 0 bridgehead atoms. The van der Waals surface area contributed by atoms with Gasteiger partial charge in [-0.25, -0.2) is 19.9 Å². The van der Waals surface area contributed by atoms with Gasteiger partial charge in [-0.15, -0.1) is 0 Å². The maximum Gasteiger partial charge on any atom is 0.230 e. The summed E-state index contributed by atoms with van der Waals surface area (Å²) < 4.78 is 5.24. The van der Waals surface area contributed by atoms with Gasteiger partial charge in [0.1, 0.15) is 5.82 Å². The van der Waals surface area contributed by atoms with Gasteiger partial charge >= 0.3 is 0 Å². The van der Waals surface area contributed by atoms with E-state index in [1.807, 2.05) is 24.8 Å². The van der Waals surface area contributed by atoms with E-state index in [0.717, 1.165) is 47.5 Å². The topological polar surface area (TPSA) is 93.1 Å². The van der Waals surface area contributed by atoms with Crippen molar-refractivity contribution in [3.05, 3.63) is 58.6 Å². The molecule has 0 aliphatic carbocycles. The Morgan fingerprint density at radius 1 is 1.29 bits per heavy atom. The quantitative estimate of drug-likeness (QED) is 0.576. The maximum absolute atomic E-state index is 13.6. The molecule has 2 aliphatic rings. The fourth-order valence-corrected chi connectivity index (χ4v) is 5.61. The van der Waals surface area contributed by atoms with Gasteiger partial charge in [-0.2, -0.15) is 0 Å². The molecule has 1 saturated heterocycles. The van der Waals surface area contributed by atoms with Crippen LogP contribution < -0.4 is 10.1 Å². The van der Waals surface area contributed by atoms with Crippen molar-refractivity contribution in [1.82, 2.24) is 24.8 Å². The van der Waals surface area contributed by atoms with E-state index in [1.165, 1.54) is 6.20 Å². The first kappa shape index (κ1) is 23.5. The molecule has 0 aromatic carbocycles. The Balaban J connectivity index is 1.37. The van der Waals surface area contributed by atoms with E-state index in [1.54, 1.807) is 25.6 Å². The minimum Gasteiger partial charge on any atom is -0.481 e. The SMILES string of the molecule is COc1cc([C@@H](C)C(=O)N2C[C@]3(CCc4cc(-c5ncccn5)c(C)nc4N3)C[C@@H]2C)c(Cl)cn1. The van der Waals surface area contributed by atoms with Gasteiger partial charge in [-0.3, -0.25) is 4.79 Å². The van der Waals surface area contributed by atoms with Crippen molar-refractivity contribution in [2.24, 2.45) is 0 Å². The lowest BCUT2D eigenvalue weighted by atomic mass is 9.85. The third-order valence-corrected chi connectivity index (χ3v) is 7.55. The summed E-state index contributed by atoms with van der Waals surface area (Å²) in [6.45, 7) is 6.61. The van der Waals surface area contributed by atoms with Crippen molar-refractivity contribution in [2.75, 3.05) is 19.0 Å². The third kappa shape index (κ3) is 4.31. The zero-order chi connectivity index (χ0) is 24.7. The van der Waals surface area contributed by atoms with Crippen LogP contribution in [0.2, 0.25) is 5.02 Å². The fourth-order valence-electron chi connectivity index (χ4n) is 5.35. The highest BCUT2D eigenvalue weighted by atomic mass is 35.5. The summed E-state index contributed by atoms with van der Waals surface area (Å²) in [5.74, 6) is 1.68. The second-order valence-electron chi connectivity index (χ2n) is 9.60. The number of fused-ring (bicyclic) bond motifs is 1. The van der Waals surface area contributed by atoms with Gasteiger partial charge in [0.25, 0.3) is 0 Å². The van der Waals surface area contributed by atoms with E-state index in [2.05, 4.69) is 33.3 Å². The summed E-state index contributed by atoms with van der Waals surface area (Å²) in [6, 6.07) is 5.80. The highest BCUT2D eigenvalue weighted by Crippen LogP contribution is 2.41. The Bertz CT molecular complexity index is 1270. The number of anilines is 1. The van der Waals surface area contributed by atoms with Crippen molar-refractivity contribution < 1.29 is 9.53 Å². The van der Waals surface area contributed by atoms with Gasteiger partial charge < -0.3 is 15.0 Å². The van der Waals surface area contributed by atoms with E-state index >= 15 is 0 Å². The summed E-state index contributed by atoms with van der Waals surface area (Å²) in [7, 11) is 1.55. The van der Waals surface area contributed by atoms with E-state index in [4.69, 9.17) is 21.3 Å². The molecule has 1 N–H and O–H groups in total. The second kappa shape index (κ2) is 9.07. The molecule has 9 heteroatoms. The molecule has 2 aliphatic heterocycles. The molecule has 3 aromatic heterocycles. The van der Waals surface area contributed by atoms with Crippen molar-refractivity contribution in [3.63, 3.8) is 0 Å². The van der Waals surface area contributed by atoms with Crippen LogP contribution in [-0.4, -0.2) is 56.0 Å². The van der Waals surface area contributed by atoms with Gasteiger partial charge in [0, 0.05) is 42.8 Å². The number of methoxy groups -OCH3 is 1. The van der Waals surface area contributed by atoms with Crippen LogP contribution in [0.25, 0.3) is 11.4 Å². The molecule has 0 radical (unpaired) electrons. The number of amides is 1. The first-order valence-corrected chi connectivity index (χ1v) is 12.2. The second-order valence-corrected chi connectivity index (χ2v) is 10.0. The lowest BCUT2D eigenvalue weighted by Gasteiger charge is -2.36. The molecule has 1 spiro atoms. The smallest absolute Gasteiger partial charge is 0.230 e. The lowest BCUT2D eigenvalue weighted by molar-refractivity contribution is -0.133.